The highest BCUT2D eigenvalue weighted by Gasteiger charge is 2.26. The minimum absolute atomic E-state index is 0.0918. The zero-order valence-corrected chi connectivity index (χ0v) is 21.2. The zero-order valence-electron chi connectivity index (χ0n) is 18.9. The fourth-order valence-electron chi connectivity index (χ4n) is 4.12. The number of thiophene rings is 1. The fraction of sp³-hybridized carbons (Fsp3) is 0.240. The Bertz CT molecular complexity index is 1430. The number of hydrogen-bond acceptors (Lipinski definition) is 5. The number of rotatable bonds is 5. The molecule has 3 heterocycles. The largest absolute Gasteiger partial charge is 0.333 e. The number of amides is 1. The summed E-state index contributed by atoms with van der Waals surface area (Å²) in [5, 5.41) is 4.71. The van der Waals surface area contributed by atoms with Gasteiger partial charge >= 0.3 is 0 Å². The zero-order chi connectivity index (χ0) is 23.8. The number of carbonyl (C=O) groups excluding carboxylic acids is 1. The van der Waals surface area contributed by atoms with Gasteiger partial charge in [-0.05, 0) is 48.9 Å². The van der Waals surface area contributed by atoms with Crippen LogP contribution in [0.3, 0.4) is 0 Å². The molecule has 0 fully saturated rings. The van der Waals surface area contributed by atoms with Gasteiger partial charge in [-0.2, -0.15) is 0 Å². The standard InChI is InChI=1S/C25H23ClN4O2S2/c1-15-3-7-17(8-4-15)27-21(31)14-33-25-28-23-22(19-11-12-29(2)13-20(19)34-23)24(32)30(25)18-9-5-16(26)6-10-18/h3-10H,11-14H2,1-2H3,(H,27,31)/p+1. The number of nitrogens with one attached hydrogen (secondary N) is 2. The van der Waals surface area contributed by atoms with Crippen molar-refractivity contribution in [3.05, 3.63) is 79.9 Å². The first-order chi connectivity index (χ1) is 16.4. The molecule has 9 heteroatoms. The lowest BCUT2D eigenvalue weighted by molar-refractivity contribution is -0.895. The number of halogens is 1. The monoisotopic (exact) mass is 511 g/mol. The lowest BCUT2D eigenvalue weighted by Gasteiger charge is -2.19. The van der Waals surface area contributed by atoms with Gasteiger partial charge in [0.25, 0.3) is 5.56 Å². The first kappa shape index (κ1) is 23.1. The normalized spacial score (nSPS) is 15.3. The second kappa shape index (κ2) is 9.54. The number of fused-ring (bicyclic) bond motifs is 3. The summed E-state index contributed by atoms with van der Waals surface area (Å²) >= 11 is 8.95. The Kier molecular flexibility index (Phi) is 6.48. The SMILES string of the molecule is Cc1ccc(NC(=O)CSc2nc3sc4c(c3c(=O)n2-c2ccc(Cl)cc2)CC[NH+](C)C4)cc1. The van der Waals surface area contributed by atoms with Gasteiger partial charge in [-0.3, -0.25) is 14.2 Å². The van der Waals surface area contributed by atoms with Crippen LogP contribution >= 0.6 is 34.7 Å². The topological polar surface area (TPSA) is 68.4 Å². The molecule has 1 aliphatic rings. The molecular formula is C25H24ClN4O2S2+. The van der Waals surface area contributed by atoms with Crippen molar-refractivity contribution in [2.75, 3.05) is 24.7 Å². The summed E-state index contributed by atoms with van der Waals surface area (Å²) in [6, 6.07) is 14.8. The Morgan fingerprint density at radius 1 is 1.21 bits per heavy atom. The molecule has 1 atom stereocenters. The lowest BCUT2D eigenvalue weighted by atomic mass is 10.1. The van der Waals surface area contributed by atoms with Crippen LogP contribution in [0.1, 0.15) is 16.0 Å². The van der Waals surface area contributed by atoms with Crippen molar-refractivity contribution >= 4 is 56.5 Å². The van der Waals surface area contributed by atoms with E-state index in [9.17, 15) is 9.59 Å². The number of aromatic nitrogens is 2. The second-order valence-electron chi connectivity index (χ2n) is 8.53. The van der Waals surface area contributed by atoms with Crippen LogP contribution in [-0.2, 0) is 17.8 Å². The van der Waals surface area contributed by atoms with Gasteiger partial charge in [0.15, 0.2) is 5.16 Å². The molecule has 0 aliphatic carbocycles. The molecule has 0 bridgehead atoms. The van der Waals surface area contributed by atoms with Crippen molar-refractivity contribution in [3.8, 4) is 5.69 Å². The van der Waals surface area contributed by atoms with Crippen molar-refractivity contribution in [2.45, 2.75) is 25.0 Å². The maximum atomic E-state index is 13.8. The third-order valence-electron chi connectivity index (χ3n) is 5.89. The molecule has 2 aromatic heterocycles. The molecule has 174 valence electrons. The molecule has 2 aromatic carbocycles. The Morgan fingerprint density at radius 3 is 2.68 bits per heavy atom. The summed E-state index contributed by atoms with van der Waals surface area (Å²) in [6.07, 6.45) is 0.865. The number of aryl methyl sites for hydroxylation is 1. The van der Waals surface area contributed by atoms with E-state index in [1.54, 1.807) is 28.0 Å². The van der Waals surface area contributed by atoms with E-state index >= 15 is 0 Å². The number of anilines is 1. The van der Waals surface area contributed by atoms with Gasteiger partial charge in [0.2, 0.25) is 5.91 Å². The Hall–Kier alpha value is -2.65. The molecule has 34 heavy (non-hydrogen) atoms. The van der Waals surface area contributed by atoms with E-state index in [0.717, 1.165) is 41.2 Å². The number of benzene rings is 2. The molecule has 0 spiro atoms. The van der Waals surface area contributed by atoms with E-state index in [4.69, 9.17) is 16.6 Å². The van der Waals surface area contributed by atoms with Gasteiger partial charge in [0.05, 0.1) is 35.3 Å². The van der Waals surface area contributed by atoms with Crippen LogP contribution in [0.25, 0.3) is 15.9 Å². The summed E-state index contributed by atoms with van der Waals surface area (Å²) in [6.45, 7) is 3.90. The smallest absolute Gasteiger partial charge is 0.267 e. The van der Waals surface area contributed by atoms with Crippen LogP contribution in [0.4, 0.5) is 5.69 Å². The van der Waals surface area contributed by atoms with Gasteiger partial charge in [-0.25, -0.2) is 4.98 Å². The number of nitrogens with zero attached hydrogens (tertiary/aromatic N) is 2. The maximum absolute atomic E-state index is 13.8. The average molecular weight is 512 g/mol. The second-order valence-corrected chi connectivity index (χ2v) is 11.0. The highest BCUT2D eigenvalue weighted by Crippen LogP contribution is 2.32. The first-order valence-electron chi connectivity index (χ1n) is 11.0. The van der Waals surface area contributed by atoms with Gasteiger partial charge in [-0.15, -0.1) is 11.3 Å². The third kappa shape index (κ3) is 4.63. The maximum Gasteiger partial charge on any atom is 0.267 e. The summed E-state index contributed by atoms with van der Waals surface area (Å²) in [4.78, 5) is 34.7. The molecule has 2 N–H and O–H groups in total. The quantitative estimate of drug-likeness (QED) is 0.316. The van der Waals surface area contributed by atoms with Crippen LogP contribution in [0.15, 0.2) is 58.5 Å². The number of thioether (sulfide) groups is 1. The van der Waals surface area contributed by atoms with E-state index < -0.39 is 0 Å². The van der Waals surface area contributed by atoms with Crippen LogP contribution in [0, 0.1) is 6.92 Å². The van der Waals surface area contributed by atoms with E-state index in [-0.39, 0.29) is 17.2 Å². The molecular weight excluding hydrogens is 488 g/mol. The summed E-state index contributed by atoms with van der Waals surface area (Å²) in [5.74, 6) is -0.0150. The lowest BCUT2D eigenvalue weighted by Crippen LogP contribution is -3.08. The van der Waals surface area contributed by atoms with Crippen molar-refractivity contribution in [1.82, 2.24) is 9.55 Å². The third-order valence-corrected chi connectivity index (χ3v) is 8.21. The molecule has 0 radical (unpaired) electrons. The highest BCUT2D eigenvalue weighted by molar-refractivity contribution is 7.99. The summed E-state index contributed by atoms with van der Waals surface area (Å²) in [7, 11) is 2.17. The number of carbonyl (C=O) groups is 1. The molecule has 1 aliphatic heterocycles. The molecule has 0 saturated heterocycles. The van der Waals surface area contributed by atoms with Crippen LogP contribution in [0.2, 0.25) is 5.02 Å². The van der Waals surface area contributed by atoms with Crippen LogP contribution in [-0.4, -0.2) is 34.8 Å². The van der Waals surface area contributed by atoms with Crippen molar-refractivity contribution in [3.63, 3.8) is 0 Å². The molecule has 4 aromatic rings. The Morgan fingerprint density at radius 2 is 1.94 bits per heavy atom. The Labute approximate surface area is 210 Å². The summed E-state index contributed by atoms with van der Waals surface area (Å²) in [5.41, 5.74) is 3.59. The number of quaternary nitrogens is 1. The number of likely N-dealkylation sites (N-methyl/N-ethyl adjacent to an activating group) is 1. The highest BCUT2D eigenvalue weighted by atomic mass is 35.5. The minimum atomic E-state index is -0.151. The summed E-state index contributed by atoms with van der Waals surface area (Å²) < 4.78 is 1.61. The number of hydrogen-bond donors (Lipinski definition) is 2. The van der Waals surface area contributed by atoms with Gasteiger partial charge in [0, 0.05) is 17.1 Å². The van der Waals surface area contributed by atoms with E-state index in [1.165, 1.54) is 21.5 Å². The van der Waals surface area contributed by atoms with E-state index in [0.29, 0.717) is 21.3 Å². The van der Waals surface area contributed by atoms with E-state index in [2.05, 4.69) is 12.4 Å². The average Bonchev–Trinajstić information content (AvgIpc) is 3.17. The van der Waals surface area contributed by atoms with Crippen LogP contribution in [0.5, 0.6) is 0 Å². The van der Waals surface area contributed by atoms with Crippen molar-refractivity contribution < 1.29 is 9.69 Å². The predicted octanol–water partition coefficient (Wildman–Crippen LogP) is 3.71. The molecule has 1 amide bonds. The fourth-order valence-corrected chi connectivity index (χ4v) is 6.43. The molecule has 1 unspecified atom stereocenters. The Balaban J connectivity index is 1.52. The molecule has 0 saturated carbocycles. The van der Waals surface area contributed by atoms with Gasteiger partial charge < -0.3 is 10.2 Å². The molecule has 5 rings (SSSR count). The van der Waals surface area contributed by atoms with E-state index in [1.807, 2.05) is 43.3 Å². The van der Waals surface area contributed by atoms with Crippen molar-refractivity contribution in [1.29, 1.82) is 0 Å². The molecule has 6 nitrogen and oxygen atoms in total. The van der Waals surface area contributed by atoms with Crippen molar-refractivity contribution in [2.24, 2.45) is 0 Å². The minimum Gasteiger partial charge on any atom is -0.333 e. The van der Waals surface area contributed by atoms with Gasteiger partial charge in [-0.1, -0.05) is 41.1 Å². The predicted molar refractivity (Wildman–Crippen MR) is 140 cm³/mol. The van der Waals surface area contributed by atoms with Gasteiger partial charge in [0.1, 0.15) is 11.4 Å². The first-order valence-corrected chi connectivity index (χ1v) is 13.2. The van der Waals surface area contributed by atoms with Crippen LogP contribution < -0.4 is 15.8 Å².